The first kappa shape index (κ1) is 19.4. The number of ether oxygens (including phenoxy) is 1. The van der Waals surface area contributed by atoms with Crippen LogP contribution in [0.15, 0.2) is 59.4 Å². The number of likely N-dealkylation sites (N-methyl/N-ethyl adjacent to an activating group) is 1. The van der Waals surface area contributed by atoms with Crippen molar-refractivity contribution in [3.05, 3.63) is 80.4 Å². The summed E-state index contributed by atoms with van der Waals surface area (Å²) in [6.45, 7) is 1.94. The van der Waals surface area contributed by atoms with Crippen LogP contribution in [0.3, 0.4) is 0 Å². The number of hydrogen-bond donors (Lipinski definition) is 2. The molecule has 0 radical (unpaired) electrons. The van der Waals surface area contributed by atoms with E-state index in [1.165, 1.54) is 0 Å². The van der Waals surface area contributed by atoms with Crippen LogP contribution in [0.4, 0.5) is 0 Å². The number of H-pyrrole nitrogens is 1. The number of aromatic amines is 1. The molecule has 2 aromatic carbocycles. The van der Waals surface area contributed by atoms with Gasteiger partial charge in [-0.05, 0) is 36.9 Å². The molecule has 2 heterocycles. The lowest BCUT2D eigenvalue weighted by atomic mass is 10.0. The maximum Gasteiger partial charge on any atom is 0.322 e. The predicted molar refractivity (Wildman–Crippen MR) is 111 cm³/mol. The lowest BCUT2D eigenvalue weighted by Gasteiger charge is -2.18. The van der Waals surface area contributed by atoms with E-state index in [1.807, 2.05) is 37.4 Å². The fraction of sp³-hybridized carbons (Fsp3) is 0.286. The van der Waals surface area contributed by atoms with Gasteiger partial charge in [-0.25, -0.2) is 5.10 Å². The minimum absolute atomic E-state index is 0.00128. The van der Waals surface area contributed by atoms with Gasteiger partial charge in [-0.15, -0.1) is 0 Å². The van der Waals surface area contributed by atoms with Crippen LogP contribution in [0.1, 0.15) is 26.8 Å². The summed E-state index contributed by atoms with van der Waals surface area (Å²) in [6, 6.07) is 17.0. The Morgan fingerprint density at radius 3 is 2.66 bits per heavy atom. The molecular weight excluding hydrogens is 388 g/mol. The van der Waals surface area contributed by atoms with Crippen LogP contribution in [-0.4, -0.2) is 47.2 Å². The number of amides is 1. The standard InChI is InChI=1S/C21H22N4O3S/c1-25-11-17(20-23-24-21(27)29-20)18(12-25)22-19(26)15-7-9-16(10-8-15)28-13-14-5-3-2-4-6-14/h2-10,17-18H,11-13H2,1H3,(H,22,26)(H,24,27)/t17-,18+/m0/s1. The molecular formula is C21H22N4O3S. The lowest BCUT2D eigenvalue weighted by Crippen LogP contribution is -2.39. The van der Waals surface area contributed by atoms with E-state index in [4.69, 9.17) is 4.74 Å². The van der Waals surface area contributed by atoms with E-state index in [0.717, 1.165) is 28.5 Å². The number of hydrogen-bond acceptors (Lipinski definition) is 6. The van der Waals surface area contributed by atoms with Crippen LogP contribution in [0.5, 0.6) is 5.75 Å². The third-order valence-electron chi connectivity index (χ3n) is 4.96. The predicted octanol–water partition coefficient (Wildman–Crippen LogP) is 2.24. The smallest absolute Gasteiger partial charge is 0.322 e. The molecule has 4 rings (SSSR count). The number of carbonyl (C=O) groups is 1. The zero-order valence-corrected chi connectivity index (χ0v) is 16.8. The third-order valence-corrected chi connectivity index (χ3v) is 5.84. The molecule has 1 aliphatic heterocycles. The average Bonchev–Trinajstić information content (AvgIpc) is 3.32. The van der Waals surface area contributed by atoms with Crippen LogP contribution < -0.4 is 14.9 Å². The first-order valence-corrected chi connectivity index (χ1v) is 10.2. The van der Waals surface area contributed by atoms with Gasteiger partial charge in [-0.1, -0.05) is 41.7 Å². The van der Waals surface area contributed by atoms with Crippen molar-refractivity contribution in [2.24, 2.45) is 0 Å². The highest BCUT2D eigenvalue weighted by atomic mass is 32.1. The van der Waals surface area contributed by atoms with E-state index in [9.17, 15) is 9.59 Å². The summed E-state index contributed by atoms with van der Waals surface area (Å²) in [5, 5.41) is 10.4. The molecule has 0 bridgehead atoms. The van der Waals surface area contributed by atoms with Gasteiger partial charge in [0.15, 0.2) is 0 Å². The summed E-state index contributed by atoms with van der Waals surface area (Å²) in [6.07, 6.45) is 0. The quantitative estimate of drug-likeness (QED) is 0.651. The summed E-state index contributed by atoms with van der Waals surface area (Å²) in [5.41, 5.74) is 1.66. The Hall–Kier alpha value is -2.97. The van der Waals surface area contributed by atoms with E-state index in [-0.39, 0.29) is 22.7 Å². The molecule has 0 aliphatic carbocycles. The van der Waals surface area contributed by atoms with E-state index < -0.39 is 0 Å². The Morgan fingerprint density at radius 1 is 1.21 bits per heavy atom. The largest absolute Gasteiger partial charge is 0.489 e. The Labute approximate surface area is 172 Å². The van der Waals surface area contributed by atoms with Crippen LogP contribution in [0.2, 0.25) is 0 Å². The number of nitrogens with zero attached hydrogens (tertiary/aromatic N) is 2. The topological polar surface area (TPSA) is 87.3 Å². The van der Waals surface area contributed by atoms with Gasteiger partial charge in [0.05, 0.1) is 6.04 Å². The van der Waals surface area contributed by atoms with Crippen molar-refractivity contribution >= 4 is 17.2 Å². The van der Waals surface area contributed by atoms with Crippen molar-refractivity contribution in [3.63, 3.8) is 0 Å². The van der Waals surface area contributed by atoms with Gasteiger partial charge in [0, 0.05) is 24.6 Å². The van der Waals surface area contributed by atoms with Gasteiger partial charge in [0.1, 0.15) is 17.4 Å². The number of rotatable bonds is 6. The maximum atomic E-state index is 12.7. The molecule has 0 spiro atoms. The average molecular weight is 410 g/mol. The zero-order chi connectivity index (χ0) is 20.2. The van der Waals surface area contributed by atoms with Crippen LogP contribution in [0.25, 0.3) is 0 Å². The van der Waals surface area contributed by atoms with Gasteiger partial charge in [-0.2, -0.15) is 5.10 Å². The normalized spacial score (nSPS) is 19.2. The molecule has 2 N–H and O–H groups in total. The summed E-state index contributed by atoms with van der Waals surface area (Å²) >= 11 is 1.10. The molecule has 1 amide bonds. The zero-order valence-electron chi connectivity index (χ0n) is 16.0. The Morgan fingerprint density at radius 2 is 1.97 bits per heavy atom. The monoisotopic (exact) mass is 410 g/mol. The van der Waals surface area contributed by atoms with Crippen molar-refractivity contribution < 1.29 is 9.53 Å². The summed E-state index contributed by atoms with van der Waals surface area (Å²) in [4.78, 5) is 26.1. The molecule has 0 unspecified atom stereocenters. The molecule has 3 aromatic rings. The van der Waals surface area contributed by atoms with Gasteiger partial charge >= 0.3 is 4.87 Å². The van der Waals surface area contributed by atoms with Crippen molar-refractivity contribution in [2.75, 3.05) is 20.1 Å². The van der Waals surface area contributed by atoms with E-state index >= 15 is 0 Å². The summed E-state index contributed by atoms with van der Waals surface area (Å²) in [5.74, 6) is 0.569. The second kappa shape index (κ2) is 8.59. The van der Waals surface area contributed by atoms with Gasteiger partial charge in [0.25, 0.3) is 5.91 Å². The van der Waals surface area contributed by atoms with Crippen molar-refractivity contribution in [2.45, 2.75) is 18.6 Å². The van der Waals surface area contributed by atoms with Crippen LogP contribution >= 0.6 is 11.3 Å². The van der Waals surface area contributed by atoms with Gasteiger partial charge in [-0.3, -0.25) is 9.59 Å². The van der Waals surface area contributed by atoms with Crippen molar-refractivity contribution in [1.29, 1.82) is 0 Å². The molecule has 1 aliphatic rings. The molecule has 150 valence electrons. The number of likely N-dealkylation sites (tertiary alicyclic amines) is 1. The molecule has 1 fully saturated rings. The van der Waals surface area contributed by atoms with Crippen LogP contribution in [-0.2, 0) is 6.61 Å². The second-order valence-electron chi connectivity index (χ2n) is 7.16. The highest BCUT2D eigenvalue weighted by molar-refractivity contribution is 7.08. The molecule has 7 nitrogen and oxygen atoms in total. The van der Waals surface area contributed by atoms with E-state index in [1.54, 1.807) is 24.3 Å². The molecule has 2 atom stereocenters. The Bertz CT molecular complexity index is 1020. The number of benzene rings is 2. The van der Waals surface area contributed by atoms with Crippen molar-refractivity contribution in [1.82, 2.24) is 20.4 Å². The highest BCUT2D eigenvalue weighted by Gasteiger charge is 2.35. The minimum Gasteiger partial charge on any atom is -0.489 e. The van der Waals surface area contributed by atoms with Crippen LogP contribution in [0, 0.1) is 0 Å². The Balaban J connectivity index is 1.38. The Kier molecular flexibility index (Phi) is 5.73. The number of carbonyl (C=O) groups excluding carboxylic acids is 1. The first-order valence-electron chi connectivity index (χ1n) is 9.40. The maximum absolute atomic E-state index is 12.7. The number of aromatic nitrogens is 2. The molecule has 29 heavy (non-hydrogen) atoms. The second-order valence-corrected chi connectivity index (χ2v) is 8.15. The fourth-order valence-electron chi connectivity index (χ4n) is 3.49. The molecule has 1 aromatic heterocycles. The first-order chi connectivity index (χ1) is 14.1. The fourth-order valence-corrected chi connectivity index (χ4v) is 4.25. The third kappa shape index (κ3) is 4.72. The SMILES string of the molecule is CN1C[C@H](c2n[nH]c(=O)s2)[C@H](NC(=O)c2ccc(OCc3ccccc3)cc2)C1. The minimum atomic E-state index is -0.175. The van der Waals surface area contributed by atoms with E-state index in [0.29, 0.717) is 24.5 Å². The van der Waals surface area contributed by atoms with Gasteiger partial charge in [0.2, 0.25) is 0 Å². The van der Waals surface area contributed by atoms with Gasteiger partial charge < -0.3 is 15.0 Å². The molecule has 8 heteroatoms. The number of nitrogens with one attached hydrogen (secondary N) is 2. The molecule has 0 saturated carbocycles. The summed E-state index contributed by atoms with van der Waals surface area (Å²) in [7, 11) is 1.99. The molecule has 1 saturated heterocycles. The lowest BCUT2D eigenvalue weighted by molar-refractivity contribution is 0.0935. The van der Waals surface area contributed by atoms with Crippen molar-refractivity contribution in [3.8, 4) is 5.75 Å². The highest BCUT2D eigenvalue weighted by Crippen LogP contribution is 2.27. The van der Waals surface area contributed by atoms with E-state index in [2.05, 4.69) is 20.4 Å². The summed E-state index contributed by atoms with van der Waals surface area (Å²) < 4.78 is 5.77.